The van der Waals surface area contributed by atoms with Crippen LogP contribution < -0.4 is 0 Å². The minimum Gasteiger partial charge on any atom is -0.454 e. The van der Waals surface area contributed by atoms with Crippen molar-refractivity contribution in [2.75, 3.05) is 13.1 Å². The largest absolute Gasteiger partial charge is 0.454 e. The summed E-state index contributed by atoms with van der Waals surface area (Å²) >= 11 is 0. The van der Waals surface area contributed by atoms with Crippen molar-refractivity contribution in [2.45, 2.75) is 57.1 Å². The van der Waals surface area contributed by atoms with E-state index in [1.54, 1.807) is 0 Å². The third-order valence-corrected chi connectivity index (χ3v) is 5.02. The summed E-state index contributed by atoms with van der Waals surface area (Å²) in [6, 6.07) is 10.9. The van der Waals surface area contributed by atoms with Crippen LogP contribution in [-0.4, -0.2) is 30.0 Å². The molecule has 0 spiro atoms. The van der Waals surface area contributed by atoms with Crippen LogP contribution in [0.1, 0.15) is 51.0 Å². The molecule has 0 unspecified atom stereocenters. The Bertz CT molecular complexity index is 487. The van der Waals surface area contributed by atoms with Gasteiger partial charge in [0.15, 0.2) is 0 Å². The first-order chi connectivity index (χ1) is 10.2. The zero-order valence-corrected chi connectivity index (χ0v) is 12.9. The Morgan fingerprint density at radius 1 is 1.29 bits per heavy atom. The lowest BCUT2D eigenvalue weighted by Gasteiger charge is -2.48. The summed E-state index contributed by atoms with van der Waals surface area (Å²) < 4.78 is 6.00. The first-order valence-electron chi connectivity index (χ1n) is 8.25. The Labute approximate surface area is 127 Å². The van der Waals surface area contributed by atoms with E-state index in [0.717, 1.165) is 24.9 Å². The fourth-order valence-electron chi connectivity index (χ4n) is 3.84. The van der Waals surface area contributed by atoms with E-state index in [2.05, 4.69) is 17.0 Å². The lowest BCUT2D eigenvalue weighted by Crippen LogP contribution is -2.52. The number of hydrogen-bond acceptors (Lipinski definition) is 3. The van der Waals surface area contributed by atoms with Gasteiger partial charge in [-0.05, 0) is 24.9 Å². The molecule has 2 atom stereocenters. The molecule has 2 heterocycles. The third-order valence-electron chi connectivity index (χ3n) is 5.02. The highest BCUT2D eigenvalue weighted by molar-refractivity contribution is 5.69. The van der Waals surface area contributed by atoms with Crippen molar-refractivity contribution in [3.05, 3.63) is 35.9 Å². The molecule has 3 heteroatoms. The van der Waals surface area contributed by atoms with Crippen LogP contribution in [0.5, 0.6) is 0 Å². The first-order valence-corrected chi connectivity index (χ1v) is 8.25. The van der Waals surface area contributed by atoms with Gasteiger partial charge in [-0.25, -0.2) is 0 Å². The lowest BCUT2D eigenvalue weighted by atomic mass is 9.78. The van der Waals surface area contributed by atoms with E-state index in [9.17, 15) is 4.79 Å². The number of fused-ring (bicyclic) bond motifs is 1. The van der Waals surface area contributed by atoms with E-state index in [4.69, 9.17) is 4.74 Å². The zero-order valence-electron chi connectivity index (χ0n) is 12.9. The highest BCUT2D eigenvalue weighted by Gasteiger charge is 2.44. The van der Waals surface area contributed by atoms with Gasteiger partial charge in [-0.3, -0.25) is 4.79 Å². The average Bonchev–Trinajstić information content (AvgIpc) is 2.55. The van der Waals surface area contributed by atoms with Gasteiger partial charge in [0.05, 0.1) is 0 Å². The number of benzene rings is 1. The van der Waals surface area contributed by atoms with E-state index in [1.807, 2.05) is 25.1 Å². The van der Waals surface area contributed by atoms with Crippen molar-refractivity contribution in [3.63, 3.8) is 0 Å². The molecule has 0 bridgehead atoms. The van der Waals surface area contributed by atoms with Crippen molar-refractivity contribution in [3.8, 4) is 0 Å². The maximum Gasteiger partial charge on any atom is 0.306 e. The number of carbonyl (C=O) groups is 1. The minimum atomic E-state index is -0.410. The Morgan fingerprint density at radius 3 is 2.86 bits per heavy atom. The number of esters is 1. The van der Waals surface area contributed by atoms with E-state index in [0.29, 0.717) is 12.5 Å². The Hall–Kier alpha value is -1.35. The molecule has 21 heavy (non-hydrogen) atoms. The summed E-state index contributed by atoms with van der Waals surface area (Å²) in [7, 11) is 0. The maximum atomic E-state index is 12.0. The van der Waals surface area contributed by atoms with Gasteiger partial charge < -0.3 is 9.64 Å². The molecule has 1 aromatic carbocycles. The third kappa shape index (κ3) is 2.98. The van der Waals surface area contributed by atoms with Crippen molar-refractivity contribution < 1.29 is 9.53 Å². The van der Waals surface area contributed by atoms with Crippen molar-refractivity contribution in [1.82, 2.24) is 4.90 Å². The molecule has 0 N–H and O–H groups in total. The van der Waals surface area contributed by atoms with E-state index < -0.39 is 5.60 Å². The van der Waals surface area contributed by atoms with Crippen LogP contribution in [0, 0.1) is 0 Å². The van der Waals surface area contributed by atoms with Crippen LogP contribution in [0.2, 0.25) is 0 Å². The second-order valence-corrected chi connectivity index (χ2v) is 6.33. The van der Waals surface area contributed by atoms with Gasteiger partial charge in [0.25, 0.3) is 0 Å². The van der Waals surface area contributed by atoms with Crippen molar-refractivity contribution >= 4 is 5.97 Å². The van der Waals surface area contributed by atoms with Gasteiger partial charge in [-0.1, -0.05) is 43.7 Å². The molecule has 2 aliphatic heterocycles. The predicted molar refractivity (Wildman–Crippen MR) is 82.9 cm³/mol. The molecule has 0 aromatic heterocycles. The summed E-state index contributed by atoms with van der Waals surface area (Å²) in [4.78, 5) is 14.6. The molecule has 0 radical (unpaired) electrons. The number of hydrogen-bond donors (Lipinski definition) is 0. The molecule has 114 valence electrons. The lowest BCUT2D eigenvalue weighted by molar-refractivity contribution is -0.170. The molecule has 3 nitrogen and oxygen atoms in total. The fourth-order valence-corrected chi connectivity index (χ4v) is 3.84. The van der Waals surface area contributed by atoms with Crippen LogP contribution in [-0.2, 0) is 15.1 Å². The van der Waals surface area contributed by atoms with Gasteiger partial charge in [0.1, 0.15) is 5.60 Å². The Morgan fingerprint density at radius 2 is 2.10 bits per heavy atom. The van der Waals surface area contributed by atoms with Gasteiger partial charge in [0.2, 0.25) is 0 Å². The summed E-state index contributed by atoms with van der Waals surface area (Å²) in [5.74, 6) is -0.0805. The topological polar surface area (TPSA) is 29.5 Å². The highest BCUT2D eigenvalue weighted by atomic mass is 16.6. The van der Waals surface area contributed by atoms with Crippen LogP contribution in [0.3, 0.4) is 0 Å². The number of carbonyl (C=O) groups excluding carboxylic acids is 1. The monoisotopic (exact) mass is 287 g/mol. The molecule has 1 aromatic rings. The predicted octanol–water partition coefficient (Wildman–Crippen LogP) is 3.48. The average molecular weight is 287 g/mol. The number of nitrogens with zero attached hydrogens (tertiary/aromatic N) is 1. The molecule has 2 fully saturated rings. The van der Waals surface area contributed by atoms with Crippen molar-refractivity contribution in [2.24, 2.45) is 0 Å². The quantitative estimate of drug-likeness (QED) is 0.797. The second kappa shape index (κ2) is 6.18. The normalized spacial score (nSPS) is 29.7. The van der Waals surface area contributed by atoms with E-state index in [1.165, 1.54) is 25.8 Å². The van der Waals surface area contributed by atoms with Crippen molar-refractivity contribution in [1.29, 1.82) is 0 Å². The highest BCUT2D eigenvalue weighted by Crippen LogP contribution is 2.42. The molecule has 0 amide bonds. The van der Waals surface area contributed by atoms with E-state index in [-0.39, 0.29) is 5.97 Å². The zero-order chi connectivity index (χ0) is 14.7. The molecular weight excluding hydrogens is 262 g/mol. The van der Waals surface area contributed by atoms with Gasteiger partial charge in [0, 0.05) is 31.8 Å². The summed E-state index contributed by atoms with van der Waals surface area (Å²) in [6.45, 7) is 4.12. The van der Waals surface area contributed by atoms with Crippen LogP contribution in [0.25, 0.3) is 0 Å². The Balaban J connectivity index is 1.88. The summed E-state index contributed by atoms with van der Waals surface area (Å²) in [5.41, 5.74) is 0.754. The SMILES string of the molecule is CCC(=O)O[C@]1(c2ccccc2)CCN2CCCC[C@@H]2C1. The molecule has 3 rings (SSSR count). The minimum absolute atomic E-state index is 0.0805. The van der Waals surface area contributed by atoms with Crippen LogP contribution in [0.4, 0.5) is 0 Å². The fraction of sp³-hybridized carbons (Fsp3) is 0.611. The molecular formula is C18H25NO2. The van der Waals surface area contributed by atoms with E-state index >= 15 is 0 Å². The standard InChI is InChI=1S/C18H25NO2/c1-2-17(20)21-18(15-8-4-3-5-9-15)11-13-19-12-7-6-10-16(19)14-18/h3-5,8-9,16H,2,6-7,10-14H2,1H3/t16-,18-/m1/s1. The molecule has 0 saturated carbocycles. The summed E-state index contributed by atoms with van der Waals surface area (Å²) in [5, 5.41) is 0. The number of rotatable bonds is 3. The molecule has 2 saturated heterocycles. The summed E-state index contributed by atoms with van der Waals surface area (Å²) in [6.07, 6.45) is 6.15. The first kappa shape index (κ1) is 14.6. The van der Waals surface area contributed by atoms with Crippen LogP contribution in [0.15, 0.2) is 30.3 Å². The molecule has 0 aliphatic carbocycles. The second-order valence-electron chi connectivity index (χ2n) is 6.33. The smallest absolute Gasteiger partial charge is 0.306 e. The number of ether oxygens (including phenoxy) is 1. The number of piperidine rings is 2. The Kier molecular flexibility index (Phi) is 4.29. The van der Waals surface area contributed by atoms with Gasteiger partial charge in [-0.2, -0.15) is 0 Å². The molecule has 2 aliphatic rings. The maximum absolute atomic E-state index is 12.0. The van der Waals surface area contributed by atoms with Gasteiger partial charge >= 0.3 is 5.97 Å². The van der Waals surface area contributed by atoms with Gasteiger partial charge in [-0.15, -0.1) is 0 Å². The van der Waals surface area contributed by atoms with Crippen LogP contribution >= 0.6 is 0 Å².